The first-order valence-corrected chi connectivity index (χ1v) is 9.76. The van der Waals surface area contributed by atoms with Gasteiger partial charge in [0.1, 0.15) is 18.1 Å². The molecule has 13 heteroatoms. The third-order valence-electron chi connectivity index (χ3n) is 4.23. The second-order valence-electron chi connectivity index (χ2n) is 7.61. The molecule has 0 radical (unpaired) electrons. The van der Waals surface area contributed by atoms with Gasteiger partial charge in [-0.2, -0.15) is 0 Å². The number of carbonyl (C=O) groups is 5. The molecule has 0 aromatic rings. The van der Waals surface area contributed by atoms with E-state index in [1.807, 2.05) is 19.2 Å². The molecule has 0 bridgehead atoms. The fourth-order valence-corrected chi connectivity index (χ4v) is 2.56. The summed E-state index contributed by atoms with van der Waals surface area (Å²) in [5.41, 5.74) is 10.8. The van der Waals surface area contributed by atoms with E-state index in [1.54, 1.807) is 0 Å². The highest BCUT2D eigenvalue weighted by Gasteiger charge is 2.32. The molecule has 5 unspecified atom stereocenters. The molecule has 31 heavy (non-hydrogen) atoms. The molecule has 0 rings (SSSR count). The minimum atomic E-state index is -1.64. The van der Waals surface area contributed by atoms with Gasteiger partial charge in [-0.3, -0.25) is 19.2 Å². The first kappa shape index (κ1) is 28.2. The van der Waals surface area contributed by atoms with Crippen LogP contribution in [0.5, 0.6) is 0 Å². The van der Waals surface area contributed by atoms with Crippen LogP contribution >= 0.6 is 0 Å². The molecule has 178 valence electrons. The minimum Gasteiger partial charge on any atom is -0.480 e. The fourth-order valence-electron chi connectivity index (χ4n) is 2.56. The number of carbonyl (C=O) groups excluding carboxylic acids is 4. The average Bonchev–Trinajstić information content (AvgIpc) is 2.65. The largest absolute Gasteiger partial charge is 0.480 e. The van der Waals surface area contributed by atoms with Gasteiger partial charge in [0.2, 0.25) is 23.6 Å². The number of hydrogen-bond donors (Lipinski definition) is 8. The molecule has 0 saturated heterocycles. The van der Waals surface area contributed by atoms with Gasteiger partial charge in [-0.25, -0.2) is 4.79 Å². The standard InChI is InChI=1S/C18H33N5O8/c1-8(2)6-10(19)15(27)23-14(9(3)25)17(29)21-11(4-5-13(20)26)16(28)22-12(7-24)18(30)31/h8-12,14,24-25H,4-7,19H2,1-3H3,(H2,20,26)(H,21,29)(H,22,28)(H,23,27)(H,30,31). The fraction of sp³-hybridized carbons (Fsp3) is 0.722. The first-order valence-electron chi connectivity index (χ1n) is 9.76. The second-order valence-corrected chi connectivity index (χ2v) is 7.61. The maximum Gasteiger partial charge on any atom is 0.328 e. The molecule has 4 amide bonds. The molecule has 0 spiro atoms. The van der Waals surface area contributed by atoms with Gasteiger partial charge in [0.15, 0.2) is 0 Å². The van der Waals surface area contributed by atoms with Crippen molar-refractivity contribution in [3.63, 3.8) is 0 Å². The normalized spacial score (nSPS) is 15.8. The summed E-state index contributed by atoms with van der Waals surface area (Å²) in [6.07, 6.45) is -1.63. The lowest BCUT2D eigenvalue weighted by Crippen LogP contribution is -2.60. The molecule has 0 aromatic heterocycles. The van der Waals surface area contributed by atoms with Gasteiger partial charge in [0, 0.05) is 6.42 Å². The summed E-state index contributed by atoms with van der Waals surface area (Å²) >= 11 is 0. The third-order valence-corrected chi connectivity index (χ3v) is 4.23. The monoisotopic (exact) mass is 447 g/mol. The minimum absolute atomic E-state index is 0.107. The van der Waals surface area contributed by atoms with E-state index in [-0.39, 0.29) is 18.8 Å². The summed E-state index contributed by atoms with van der Waals surface area (Å²) in [6, 6.07) is -5.45. The number of aliphatic hydroxyl groups is 2. The van der Waals surface area contributed by atoms with Gasteiger partial charge in [-0.05, 0) is 25.7 Å². The number of carboxylic acids is 1. The number of rotatable bonds is 14. The van der Waals surface area contributed by atoms with E-state index in [4.69, 9.17) is 21.7 Å². The lowest BCUT2D eigenvalue weighted by Gasteiger charge is -2.26. The van der Waals surface area contributed by atoms with Gasteiger partial charge in [-0.15, -0.1) is 0 Å². The summed E-state index contributed by atoms with van der Waals surface area (Å²) in [7, 11) is 0. The van der Waals surface area contributed by atoms with Crippen molar-refractivity contribution in [2.75, 3.05) is 6.61 Å². The molecule has 5 atom stereocenters. The van der Waals surface area contributed by atoms with Crippen LogP contribution < -0.4 is 27.4 Å². The van der Waals surface area contributed by atoms with E-state index >= 15 is 0 Å². The highest BCUT2D eigenvalue weighted by Crippen LogP contribution is 2.05. The average molecular weight is 447 g/mol. The summed E-state index contributed by atoms with van der Waals surface area (Å²) in [4.78, 5) is 59.3. The van der Waals surface area contributed by atoms with E-state index in [0.29, 0.717) is 6.42 Å². The lowest BCUT2D eigenvalue weighted by molar-refractivity contribution is -0.143. The molecule has 0 aliphatic rings. The van der Waals surface area contributed by atoms with Gasteiger partial charge in [0.05, 0.1) is 18.8 Å². The number of hydrogen-bond acceptors (Lipinski definition) is 8. The van der Waals surface area contributed by atoms with Gasteiger partial charge >= 0.3 is 5.97 Å². The zero-order valence-electron chi connectivity index (χ0n) is 17.8. The van der Waals surface area contributed by atoms with Crippen LogP contribution in [0, 0.1) is 5.92 Å². The van der Waals surface area contributed by atoms with Crippen molar-refractivity contribution in [3.8, 4) is 0 Å². The zero-order chi connectivity index (χ0) is 24.3. The predicted octanol–water partition coefficient (Wildman–Crippen LogP) is -3.46. The molecule has 10 N–H and O–H groups in total. The summed E-state index contributed by atoms with van der Waals surface area (Å²) in [5.74, 6) is -4.81. The third kappa shape index (κ3) is 10.7. The molecule has 0 fully saturated rings. The Morgan fingerprint density at radius 3 is 1.87 bits per heavy atom. The van der Waals surface area contributed by atoms with Gasteiger partial charge in [0.25, 0.3) is 0 Å². The summed E-state index contributed by atoms with van der Waals surface area (Å²) in [6.45, 7) is 4.04. The first-order chi connectivity index (χ1) is 14.3. The number of carboxylic acid groups (broad SMARTS) is 1. The molecule has 0 heterocycles. The zero-order valence-corrected chi connectivity index (χ0v) is 17.8. The van der Waals surface area contributed by atoms with Crippen molar-refractivity contribution in [3.05, 3.63) is 0 Å². The van der Waals surface area contributed by atoms with Crippen molar-refractivity contribution in [2.24, 2.45) is 17.4 Å². The van der Waals surface area contributed by atoms with E-state index in [9.17, 15) is 29.1 Å². The Morgan fingerprint density at radius 1 is 0.903 bits per heavy atom. The number of nitrogens with one attached hydrogen (secondary N) is 3. The number of amides is 4. The molecule has 0 aliphatic carbocycles. The van der Waals surface area contributed by atoms with Crippen molar-refractivity contribution in [1.82, 2.24) is 16.0 Å². The van der Waals surface area contributed by atoms with Crippen molar-refractivity contribution in [2.45, 2.75) is 70.3 Å². The van der Waals surface area contributed by atoms with Crippen LogP contribution in [0.3, 0.4) is 0 Å². The Morgan fingerprint density at radius 2 is 1.45 bits per heavy atom. The lowest BCUT2D eigenvalue weighted by atomic mass is 10.0. The van der Waals surface area contributed by atoms with Crippen LogP contribution in [0.15, 0.2) is 0 Å². The van der Waals surface area contributed by atoms with Crippen LogP contribution in [-0.4, -0.2) is 81.8 Å². The maximum absolute atomic E-state index is 12.6. The van der Waals surface area contributed by atoms with Crippen LogP contribution in [0.2, 0.25) is 0 Å². The second kappa shape index (κ2) is 13.5. The van der Waals surface area contributed by atoms with Crippen molar-refractivity contribution in [1.29, 1.82) is 0 Å². The molecule has 0 aliphatic heterocycles. The molecular formula is C18H33N5O8. The van der Waals surface area contributed by atoms with Crippen LogP contribution in [0.4, 0.5) is 0 Å². The molecule has 0 aromatic carbocycles. The Bertz CT molecular complexity index is 655. The Balaban J connectivity index is 5.39. The number of nitrogens with two attached hydrogens (primary N) is 2. The topological polar surface area (TPSA) is 234 Å². The summed E-state index contributed by atoms with van der Waals surface area (Å²) < 4.78 is 0. The van der Waals surface area contributed by atoms with Crippen LogP contribution in [-0.2, 0) is 24.0 Å². The molecule has 0 saturated carbocycles. The van der Waals surface area contributed by atoms with Crippen molar-refractivity contribution >= 4 is 29.6 Å². The van der Waals surface area contributed by atoms with Crippen LogP contribution in [0.25, 0.3) is 0 Å². The molecular weight excluding hydrogens is 414 g/mol. The Labute approximate surface area is 179 Å². The Kier molecular flexibility index (Phi) is 12.3. The van der Waals surface area contributed by atoms with E-state index < -0.39 is 66.5 Å². The highest BCUT2D eigenvalue weighted by atomic mass is 16.4. The Hall–Kier alpha value is -2.77. The maximum atomic E-state index is 12.6. The summed E-state index contributed by atoms with van der Waals surface area (Å²) in [5, 5.41) is 34.5. The van der Waals surface area contributed by atoms with Gasteiger partial charge < -0.3 is 42.7 Å². The van der Waals surface area contributed by atoms with Gasteiger partial charge in [-0.1, -0.05) is 13.8 Å². The van der Waals surface area contributed by atoms with E-state index in [0.717, 1.165) is 0 Å². The number of aliphatic carboxylic acids is 1. The quantitative estimate of drug-likeness (QED) is 0.132. The van der Waals surface area contributed by atoms with Crippen molar-refractivity contribution < 1.29 is 39.3 Å². The number of aliphatic hydroxyl groups excluding tert-OH is 2. The van der Waals surface area contributed by atoms with E-state index in [1.165, 1.54) is 6.92 Å². The SMILES string of the molecule is CC(C)CC(N)C(=O)NC(C(=O)NC(CCC(N)=O)C(=O)NC(CO)C(=O)O)C(C)O. The molecule has 13 nitrogen and oxygen atoms in total. The van der Waals surface area contributed by atoms with Crippen LogP contribution in [0.1, 0.15) is 40.0 Å². The number of primary amides is 1. The highest BCUT2D eigenvalue weighted by molar-refractivity contribution is 5.94. The van der Waals surface area contributed by atoms with E-state index in [2.05, 4.69) is 10.6 Å². The smallest absolute Gasteiger partial charge is 0.328 e. The predicted molar refractivity (Wildman–Crippen MR) is 108 cm³/mol.